The Balaban J connectivity index is 1.65. The van der Waals surface area contributed by atoms with E-state index in [9.17, 15) is 4.39 Å². The summed E-state index contributed by atoms with van der Waals surface area (Å²) in [7, 11) is 1.55. The highest BCUT2D eigenvalue weighted by molar-refractivity contribution is 7.99. The first-order valence-corrected chi connectivity index (χ1v) is 11.3. The van der Waals surface area contributed by atoms with Gasteiger partial charge in [0.2, 0.25) is 0 Å². The number of aromatic nitrogens is 3. The van der Waals surface area contributed by atoms with Gasteiger partial charge in [-0.25, -0.2) is 13.9 Å². The minimum Gasteiger partial charge on any atom is -0.496 e. The molecule has 2 N–H and O–H groups in total. The fraction of sp³-hybridized carbons (Fsp3) is 0.455. The lowest BCUT2D eigenvalue weighted by Crippen LogP contribution is -2.31. The van der Waals surface area contributed by atoms with Crippen LogP contribution in [0.25, 0.3) is 5.65 Å². The maximum Gasteiger partial charge on any atom is 0.177 e. The molecular weight excluding hydrogens is 401 g/mol. The second kappa shape index (κ2) is 9.22. The summed E-state index contributed by atoms with van der Waals surface area (Å²) in [5.41, 5.74) is 3.67. The van der Waals surface area contributed by atoms with E-state index in [-0.39, 0.29) is 5.82 Å². The molecule has 160 valence electrons. The van der Waals surface area contributed by atoms with Crippen molar-refractivity contribution in [1.29, 1.82) is 0 Å². The number of methoxy groups -OCH3 is 1. The van der Waals surface area contributed by atoms with Crippen molar-refractivity contribution >= 4 is 23.1 Å². The number of ether oxygens (including phenoxy) is 1. The molecule has 0 radical (unpaired) electrons. The van der Waals surface area contributed by atoms with E-state index >= 15 is 0 Å². The smallest absolute Gasteiger partial charge is 0.177 e. The fourth-order valence-electron chi connectivity index (χ4n) is 3.69. The Morgan fingerprint density at radius 3 is 2.97 bits per heavy atom. The highest BCUT2D eigenvalue weighted by Crippen LogP contribution is 2.31. The molecule has 1 fully saturated rings. The maximum atomic E-state index is 13.5. The molecule has 1 aliphatic rings. The SMILES string of the molecule is COc1cc(F)ccc1CNc1cc(SC2CCCNC2)nn2c(C(C)C)cnc12. The van der Waals surface area contributed by atoms with Gasteiger partial charge in [-0.3, -0.25) is 0 Å². The van der Waals surface area contributed by atoms with Crippen LogP contribution in [0, 0.1) is 5.82 Å². The highest BCUT2D eigenvalue weighted by Gasteiger charge is 2.19. The van der Waals surface area contributed by atoms with E-state index in [4.69, 9.17) is 9.84 Å². The second-order valence-corrected chi connectivity index (χ2v) is 9.19. The van der Waals surface area contributed by atoms with Gasteiger partial charge in [0.15, 0.2) is 5.65 Å². The van der Waals surface area contributed by atoms with Gasteiger partial charge >= 0.3 is 0 Å². The molecule has 1 saturated heterocycles. The normalized spacial score (nSPS) is 16.9. The standard InChI is InChI=1S/C22H28FN5OS/c1-14(2)19-13-26-22-18(25-11-15-6-7-16(23)9-20(15)29-3)10-21(27-28(19)22)30-17-5-4-8-24-12-17/h6-7,9-10,13-14,17,24-25H,4-5,8,11-12H2,1-3H3. The van der Waals surface area contributed by atoms with Gasteiger partial charge in [-0.1, -0.05) is 31.7 Å². The van der Waals surface area contributed by atoms with E-state index in [1.165, 1.54) is 25.0 Å². The molecule has 8 heteroatoms. The van der Waals surface area contributed by atoms with E-state index in [2.05, 4.69) is 35.5 Å². The molecular formula is C22H28FN5OS. The summed E-state index contributed by atoms with van der Waals surface area (Å²) in [6.45, 7) is 6.89. The number of anilines is 1. The third kappa shape index (κ3) is 4.54. The molecule has 0 saturated carbocycles. The van der Waals surface area contributed by atoms with Crippen LogP contribution < -0.4 is 15.4 Å². The number of piperidine rings is 1. The topological polar surface area (TPSA) is 63.5 Å². The van der Waals surface area contributed by atoms with Gasteiger partial charge in [0, 0.05) is 30.0 Å². The van der Waals surface area contributed by atoms with Crippen molar-refractivity contribution in [2.45, 2.75) is 49.4 Å². The van der Waals surface area contributed by atoms with Gasteiger partial charge in [-0.2, -0.15) is 5.10 Å². The Hall–Kier alpha value is -2.32. The van der Waals surface area contributed by atoms with Gasteiger partial charge in [0.25, 0.3) is 0 Å². The Morgan fingerprint density at radius 1 is 1.37 bits per heavy atom. The molecule has 3 aromatic rings. The van der Waals surface area contributed by atoms with Crippen molar-refractivity contribution in [1.82, 2.24) is 19.9 Å². The van der Waals surface area contributed by atoms with Crippen LogP contribution in [0.15, 0.2) is 35.5 Å². The number of hydrogen-bond donors (Lipinski definition) is 2. The number of halogens is 1. The predicted molar refractivity (Wildman–Crippen MR) is 119 cm³/mol. The molecule has 0 spiro atoms. The fourth-order valence-corrected chi connectivity index (χ4v) is 4.83. The zero-order chi connectivity index (χ0) is 21.1. The molecule has 4 rings (SSSR count). The first-order chi connectivity index (χ1) is 14.5. The quantitative estimate of drug-likeness (QED) is 0.578. The summed E-state index contributed by atoms with van der Waals surface area (Å²) in [6, 6.07) is 6.67. The first kappa shape index (κ1) is 20.9. The molecule has 1 aliphatic heterocycles. The van der Waals surface area contributed by atoms with Crippen LogP contribution in [0.4, 0.5) is 10.1 Å². The molecule has 0 amide bonds. The lowest BCUT2D eigenvalue weighted by molar-refractivity contribution is 0.406. The lowest BCUT2D eigenvalue weighted by Gasteiger charge is -2.22. The van der Waals surface area contributed by atoms with E-state index in [0.717, 1.165) is 40.7 Å². The largest absolute Gasteiger partial charge is 0.496 e. The number of fused-ring (bicyclic) bond motifs is 1. The van der Waals surface area contributed by atoms with Crippen LogP contribution in [0.5, 0.6) is 5.75 Å². The molecule has 0 bridgehead atoms. The number of benzene rings is 1. The van der Waals surface area contributed by atoms with Gasteiger partial charge in [-0.05, 0) is 37.4 Å². The van der Waals surface area contributed by atoms with Crippen LogP contribution in [0.3, 0.4) is 0 Å². The average molecular weight is 430 g/mol. The maximum absolute atomic E-state index is 13.5. The molecule has 3 heterocycles. The van der Waals surface area contributed by atoms with Crippen LogP contribution in [-0.4, -0.2) is 40.0 Å². The summed E-state index contributed by atoms with van der Waals surface area (Å²) in [5.74, 6) is 0.535. The second-order valence-electron chi connectivity index (χ2n) is 7.87. The Kier molecular flexibility index (Phi) is 6.43. The van der Waals surface area contributed by atoms with Gasteiger partial charge in [0.1, 0.15) is 16.6 Å². The molecule has 6 nitrogen and oxygen atoms in total. The molecule has 1 unspecified atom stereocenters. The highest BCUT2D eigenvalue weighted by atomic mass is 32.2. The lowest BCUT2D eigenvalue weighted by atomic mass is 10.1. The number of imidazole rings is 1. The summed E-state index contributed by atoms with van der Waals surface area (Å²) < 4.78 is 20.8. The van der Waals surface area contributed by atoms with Crippen molar-refractivity contribution in [3.8, 4) is 5.75 Å². The van der Waals surface area contributed by atoms with Crippen LogP contribution in [0.2, 0.25) is 0 Å². The van der Waals surface area contributed by atoms with Crippen LogP contribution in [0.1, 0.15) is 43.9 Å². The van der Waals surface area contributed by atoms with E-state index in [1.54, 1.807) is 13.2 Å². The molecule has 2 aromatic heterocycles. The zero-order valence-corrected chi connectivity index (χ0v) is 18.4. The van der Waals surface area contributed by atoms with Crippen molar-refractivity contribution in [3.05, 3.63) is 47.5 Å². The zero-order valence-electron chi connectivity index (χ0n) is 17.6. The van der Waals surface area contributed by atoms with Crippen LogP contribution >= 0.6 is 11.8 Å². The third-order valence-electron chi connectivity index (χ3n) is 5.32. The van der Waals surface area contributed by atoms with E-state index in [0.29, 0.717) is 23.5 Å². The molecule has 30 heavy (non-hydrogen) atoms. The van der Waals surface area contributed by atoms with Crippen LogP contribution in [-0.2, 0) is 6.54 Å². The van der Waals surface area contributed by atoms with Crippen molar-refractivity contribution < 1.29 is 9.13 Å². The van der Waals surface area contributed by atoms with E-state index in [1.807, 2.05) is 22.5 Å². The molecule has 1 atom stereocenters. The number of nitrogens with one attached hydrogen (secondary N) is 2. The summed E-state index contributed by atoms with van der Waals surface area (Å²) in [6.07, 6.45) is 4.28. The van der Waals surface area contributed by atoms with Gasteiger partial charge in [0.05, 0.1) is 24.7 Å². The summed E-state index contributed by atoms with van der Waals surface area (Å²) in [5, 5.41) is 13.3. The van der Waals surface area contributed by atoms with Gasteiger partial charge in [-0.15, -0.1) is 0 Å². The van der Waals surface area contributed by atoms with Crippen molar-refractivity contribution in [3.63, 3.8) is 0 Å². The minimum atomic E-state index is -0.309. The summed E-state index contributed by atoms with van der Waals surface area (Å²) >= 11 is 1.81. The predicted octanol–water partition coefficient (Wildman–Crippen LogP) is 4.46. The molecule has 0 aliphatic carbocycles. The number of hydrogen-bond acceptors (Lipinski definition) is 6. The Bertz CT molecular complexity index is 1020. The van der Waals surface area contributed by atoms with E-state index < -0.39 is 0 Å². The molecule has 1 aromatic carbocycles. The third-order valence-corrected chi connectivity index (χ3v) is 6.50. The van der Waals surface area contributed by atoms with Crippen molar-refractivity contribution in [2.75, 3.05) is 25.5 Å². The monoisotopic (exact) mass is 429 g/mol. The number of rotatable bonds is 7. The minimum absolute atomic E-state index is 0.309. The Morgan fingerprint density at radius 2 is 2.23 bits per heavy atom. The first-order valence-electron chi connectivity index (χ1n) is 10.4. The number of thioether (sulfide) groups is 1. The number of nitrogens with zero attached hydrogens (tertiary/aromatic N) is 3. The van der Waals surface area contributed by atoms with Crippen molar-refractivity contribution in [2.24, 2.45) is 0 Å². The van der Waals surface area contributed by atoms with Gasteiger partial charge < -0.3 is 15.4 Å². The average Bonchev–Trinajstić information content (AvgIpc) is 3.17. The Labute approximate surface area is 180 Å². The summed E-state index contributed by atoms with van der Waals surface area (Å²) in [4.78, 5) is 4.62.